The van der Waals surface area contributed by atoms with Crippen molar-refractivity contribution in [2.24, 2.45) is 5.92 Å². The van der Waals surface area contributed by atoms with Crippen LogP contribution in [0.2, 0.25) is 0 Å². The molecule has 0 fully saturated rings. The van der Waals surface area contributed by atoms with Crippen molar-refractivity contribution in [2.75, 3.05) is 6.61 Å². The Labute approximate surface area is 94.1 Å². The number of hydrogen-bond donors (Lipinski definition) is 0. The highest BCUT2D eigenvalue weighted by atomic mass is 16.5. The zero-order valence-electron chi connectivity index (χ0n) is 9.74. The van der Waals surface area contributed by atoms with Gasteiger partial charge in [-0.3, -0.25) is 9.59 Å². The van der Waals surface area contributed by atoms with Crippen molar-refractivity contribution in [1.29, 1.82) is 0 Å². The maximum Gasteiger partial charge on any atom is 0.310 e. The first kappa shape index (κ1) is 14.5. The summed E-state index contributed by atoms with van der Waals surface area (Å²) < 4.78 is 4.67. The number of Topliss-reactive ketones (excluding diaryl/α,β-unsaturated/α-hetero) is 3. The van der Waals surface area contributed by atoms with Gasteiger partial charge in [0.05, 0.1) is 5.92 Å². The fourth-order valence-electron chi connectivity index (χ4n) is 1.22. The molecular weight excluding hydrogens is 212 g/mol. The van der Waals surface area contributed by atoms with Gasteiger partial charge in [-0.25, -0.2) is 0 Å². The summed E-state index contributed by atoms with van der Waals surface area (Å²) in [6, 6.07) is 0. The summed E-state index contributed by atoms with van der Waals surface area (Å²) in [5.41, 5.74) is 0. The molecule has 0 unspecified atom stereocenters. The first-order chi connectivity index (χ1) is 7.32. The smallest absolute Gasteiger partial charge is 0.310 e. The number of esters is 1. The molecule has 5 nitrogen and oxygen atoms in total. The van der Waals surface area contributed by atoms with E-state index >= 15 is 0 Å². The highest BCUT2D eigenvalue weighted by molar-refractivity contribution is 5.88. The lowest BCUT2D eigenvalue weighted by molar-refractivity contribution is -0.153. The molecule has 0 rings (SSSR count). The van der Waals surface area contributed by atoms with Crippen molar-refractivity contribution in [3.8, 4) is 0 Å². The van der Waals surface area contributed by atoms with Crippen molar-refractivity contribution in [3.63, 3.8) is 0 Å². The Hall–Kier alpha value is -1.52. The number of rotatable bonds is 7. The molecule has 0 aromatic carbocycles. The van der Waals surface area contributed by atoms with Crippen LogP contribution in [0.3, 0.4) is 0 Å². The minimum atomic E-state index is -0.769. The monoisotopic (exact) mass is 228 g/mol. The molecule has 0 aliphatic rings. The van der Waals surface area contributed by atoms with E-state index in [1.165, 1.54) is 20.8 Å². The van der Waals surface area contributed by atoms with Gasteiger partial charge >= 0.3 is 5.97 Å². The topological polar surface area (TPSA) is 77.5 Å². The lowest BCUT2D eigenvalue weighted by Crippen LogP contribution is -2.24. The maximum absolute atomic E-state index is 11.4. The van der Waals surface area contributed by atoms with Crippen LogP contribution in [-0.2, 0) is 23.9 Å². The molecule has 5 heteroatoms. The third kappa shape index (κ3) is 6.86. The van der Waals surface area contributed by atoms with E-state index in [2.05, 4.69) is 4.74 Å². The maximum atomic E-state index is 11.4. The largest absolute Gasteiger partial charge is 0.457 e. The Morgan fingerprint density at radius 2 is 1.31 bits per heavy atom. The van der Waals surface area contributed by atoms with Crippen LogP contribution in [0.25, 0.3) is 0 Å². The van der Waals surface area contributed by atoms with E-state index in [-0.39, 0.29) is 36.8 Å². The average molecular weight is 228 g/mol. The lowest BCUT2D eigenvalue weighted by Gasteiger charge is -2.12. The summed E-state index contributed by atoms with van der Waals surface area (Å²) in [6.45, 7) is 3.65. The summed E-state index contributed by atoms with van der Waals surface area (Å²) in [7, 11) is 0. The number of ether oxygens (including phenoxy) is 1. The SMILES string of the molecule is CC(=O)COC(=O)C(CC(C)=O)CC(C)=O. The molecule has 16 heavy (non-hydrogen) atoms. The summed E-state index contributed by atoms with van der Waals surface area (Å²) >= 11 is 0. The molecule has 0 spiro atoms. The van der Waals surface area contributed by atoms with Crippen LogP contribution in [0.15, 0.2) is 0 Å². The molecule has 0 aliphatic heterocycles. The van der Waals surface area contributed by atoms with Crippen molar-refractivity contribution in [3.05, 3.63) is 0 Å². The Kier molecular flexibility index (Phi) is 6.22. The van der Waals surface area contributed by atoms with Gasteiger partial charge in [0.25, 0.3) is 0 Å². The van der Waals surface area contributed by atoms with Crippen LogP contribution >= 0.6 is 0 Å². The Morgan fingerprint density at radius 3 is 1.62 bits per heavy atom. The second kappa shape index (κ2) is 6.87. The van der Waals surface area contributed by atoms with Crippen LogP contribution in [-0.4, -0.2) is 29.9 Å². The van der Waals surface area contributed by atoms with Gasteiger partial charge < -0.3 is 14.3 Å². The second-order valence-corrected chi connectivity index (χ2v) is 3.82. The van der Waals surface area contributed by atoms with Crippen LogP contribution in [0.1, 0.15) is 33.6 Å². The molecule has 0 atom stereocenters. The van der Waals surface area contributed by atoms with Gasteiger partial charge in [0, 0.05) is 12.8 Å². The predicted molar refractivity (Wildman–Crippen MR) is 55.7 cm³/mol. The van der Waals surface area contributed by atoms with Crippen LogP contribution in [0.5, 0.6) is 0 Å². The van der Waals surface area contributed by atoms with Crippen LogP contribution in [0, 0.1) is 5.92 Å². The number of ketones is 3. The average Bonchev–Trinajstić information content (AvgIpc) is 2.11. The van der Waals surface area contributed by atoms with Crippen molar-refractivity contribution >= 4 is 23.3 Å². The first-order valence-electron chi connectivity index (χ1n) is 4.98. The Morgan fingerprint density at radius 1 is 0.875 bits per heavy atom. The molecule has 0 radical (unpaired) electrons. The van der Waals surface area contributed by atoms with Crippen molar-refractivity contribution < 1.29 is 23.9 Å². The van der Waals surface area contributed by atoms with Crippen molar-refractivity contribution in [1.82, 2.24) is 0 Å². The minimum Gasteiger partial charge on any atom is -0.457 e. The number of hydrogen-bond acceptors (Lipinski definition) is 5. The standard InChI is InChI=1S/C11H16O5/c1-7(12)4-10(5-8(2)13)11(15)16-6-9(3)14/h10H,4-6H2,1-3H3. The van der Waals surface area contributed by atoms with Gasteiger partial charge in [-0.05, 0) is 20.8 Å². The minimum absolute atomic E-state index is 0.0314. The molecule has 0 saturated heterocycles. The molecule has 0 aromatic rings. The van der Waals surface area contributed by atoms with Gasteiger partial charge in [-0.15, -0.1) is 0 Å². The molecule has 90 valence electrons. The van der Waals surface area contributed by atoms with E-state index in [0.29, 0.717) is 0 Å². The van der Waals surface area contributed by atoms with E-state index in [4.69, 9.17) is 0 Å². The van der Waals surface area contributed by atoms with E-state index in [0.717, 1.165) is 0 Å². The fraction of sp³-hybridized carbons (Fsp3) is 0.636. The molecule has 0 saturated carbocycles. The van der Waals surface area contributed by atoms with Gasteiger partial charge in [0.1, 0.15) is 18.2 Å². The van der Waals surface area contributed by atoms with E-state index in [1.54, 1.807) is 0 Å². The summed E-state index contributed by atoms with van der Waals surface area (Å²) in [5, 5.41) is 0. The highest BCUT2D eigenvalue weighted by Gasteiger charge is 2.23. The van der Waals surface area contributed by atoms with Crippen LogP contribution in [0.4, 0.5) is 0 Å². The van der Waals surface area contributed by atoms with E-state index in [9.17, 15) is 19.2 Å². The molecule has 0 amide bonds. The molecule has 0 aromatic heterocycles. The summed E-state index contributed by atoms with van der Waals surface area (Å²) in [5.74, 6) is -2.09. The predicted octanol–water partition coefficient (Wildman–Crippen LogP) is 0.693. The van der Waals surface area contributed by atoms with Gasteiger partial charge in [-0.1, -0.05) is 0 Å². The van der Waals surface area contributed by atoms with Crippen molar-refractivity contribution in [2.45, 2.75) is 33.6 Å². The Balaban J connectivity index is 4.36. The fourth-order valence-corrected chi connectivity index (χ4v) is 1.22. The lowest BCUT2D eigenvalue weighted by atomic mass is 9.97. The van der Waals surface area contributed by atoms with Gasteiger partial charge in [0.15, 0.2) is 5.78 Å². The summed E-state index contributed by atoms with van der Waals surface area (Å²) in [6.07, 6.45) is -0.0629. The van der Waals surface area contributed by atoms with E-state index < -0.39 is 11.9 Å². The van der Waals surface area contributed by atoms with Crippen LogP contribution < -0.4 is 0 Å². The van der Waals surface area contributed by atoms with Gasteiger partial charge in [0.2, 0.25) is 0 Å². The first-order valence-corrected chi connectivity index (χ1v) is 4.98. The molecule has 0 N–H and O–H groups in total. The normalized spacial score (nSPS) is 10.0. The number of carbonyl (C=O) groups is 4. The molecule has 0 aliphatic carbocycles. The third-order valence-electron chi connectivity index (χ3n) is 1.82. The molecule has 0 bridgehead atoms. The molecular formula is C11H16O5. The Bertz CT molecular complexity index is 289. The van der Waals surface area contributed by atoms with E-state index in [1.807, 2.05) is 0 Å². The number of carbonyl (C=O) groups excluding carboxylic acids is 4. The highest BCUT2D eigenvalue weighted by Crippen LogP contribution is 2.12. The zero-order chi connectivity index (χ0) is 12.7. The van der Waals surface area contributed by atoms with Gasteiger partial charge in [-0.2, -0.15) is 0 Å². The zero-order valence-corrected chi connectivity index (χ0v) is 9.74. The quantitative estimate of drug-likeness (QED) is 0.599. The summed E-state index contributed by atoms with van der Waals surface area (Å²) in [4.78, 5) is 43.8. The third-order valence-corrected chi connectivity index (χ3v) is 1.82. The molecule has 0 heterocycles. The second-order valence-electron chi connectivity index (χ2n) is 3.82.